The van der Waals surface area contributed by atoms with E-state index in [9.17, 15) is 9.90 Å². The summed E-state index contributed by atoms with van der Waals surface area (Å²) in [4.78, 5) is 18.6. The maximum atomic E-state index is 13.9. The first-order valence-electron chi connectivity index (χ1n) is 10.3. The molecule has 1 fully saturated rings. The summed E-state index contributed by atoms with van der Waals surface area (Å²) in [5, 5.41) is 15.8. The average Bonchev–Trinajstić information content (AvgIpc) is 3.00. The second kappa shape index (κ2) is 6.97. The number of hydrogen-bond donors (Lipinski definition) is 1. The third-order valence-corrected chi connectivity index (χ3v) is 6.69. The number of amides is 1. The van der Waals surface area contributed by atoms with E-state index in [1.807, 2.05) is 37.3 Å². The molecule has 2 aromatic rings. The Morgan fingerprint density at radius 3 is 2.66 bits per heavy atom. The molecule has 3 aliphatic heterocycles. The minimum atomic E-state index is -0.682. The van der Waals surface area contributed by atoms with Crippen molar-refractivity contribution in [1.82, 2.24) is 4.90 Å². The zero-order valence-electron chi connectivity index (χ0n) is 16.7. The molecule has 0 saturated carbocycles. The van der Waals surface area contributed by atoms with Crippen LogP contribution in [0.25, 0.3) is 0 Å². The van der Waals surface area contributed by atoms with Crippen molar-refractivity contribution in [2.24, 2.45) is 10.5 Å². The van der Waals surface area contributed by atoms with Crippen LogP contribution in [-0.2, 0) is 11.2 Å². The molecule has 2 atom stereocenters. The first kappa shape index (κ1) is 18.3. The van der Waals surface area contributed by atoms with Gasteiger partial charge in [-0.05, 0) is 37.1 Å². The fourth-order valence-electron chi connectivity index (χ4n) is 5.21. The van der Waals surface area contributed by atoms with Crippen molar-refractivity contribution < 1.29 is 9.90 Å². The van der Waals surface area contributed by atoms with Crippen LogP contribution >= 0.6 is 0 Å². The minimum Gasteiger partial charge on any atom is -0.395 e. The molecule has 6 nitrogen and oxygen atoms in total. The van der Waals surface area contributed by atoms with E-state index in [-0.39, 0.29) is 18.6 Å². The number of carbonyl (C=O) groups excluding carboxylic acids is 1. The van der Waals surface area contributed by atoms with Gasteiger partial charge in [-0.3, -0.25) is 9.69 Å². The van der Waals surface area contributed by atoms with Crippen molar-refractivity contribution >= 4 is 23.0 Å². The van der Waals surface area contributed by atoms with Crippen LogP contribution in [0, 0.1) is 5.41 Å². The number of piperazine rings is 1. The van der Waals surface area contributed by atoms with Crippen LogP contribution < -0.4 is 9.91 Å². The van der Waals surface area contributed by atoms with Crippen LogP contribution in [-0.4, -0.2) is 60.5 Å². The van der Waals surface area contributed by atoms with Crippen LogP contribution in [0.15, 0.2) is 59.7 Å². The number of para-hydroxylation sites is 2. The van der Waals surface area contributed by atoms with Gasteiger partial charge in [0.25, 0.3) is 5.91 Å². The van der Waals surface area contributed by atoms with Gasteiger partial charge in [-0.15, -0.1) is 0 Å². The Kier molecular flexibility index (Phi) is 4.41. The summed E-state index contributed by atoms with van der Waals surface area (Å²) >= 11 is 0. The van der Waals surface area contributed by atoms with E-state index >= 15 is 0 Å². The van der Waals surface area contributed by atoms with E-state index in [4.69, 9.17) is 5.10 Å². The quantitative estimate of drug-likeness (QED) is 0.872. The van der Waals surface area contributed by atoms with Crippen LogP contribution in [0.1, 0.15) is 12.5 Å². The number of aliphatic hydroxyl groups excluding tert-OH is 1. The largest absolute Gasteiger partial charge is 0.395 e. The first-order valence-corrected chi connectivity index (χ1v) is 10.3. The Morgan fingerprint density at radius 1 is 1.10 bits per heavy atom. The number of aliphatic hydroxyl groups is 1. The summed E-state index contributed by atoms with van der Waals surface area (Å²) in [5.41, 5.74) is 3.43. The smallest absolute Gasteiger partial charge is 0.261 e. The number of anilines is 2. The van der Waals surface area contributed by atoms with Crippen molar-refractivity contribution in [3.8, 4) is 0 Å². The summed E-state index contributed by atoms with van der Waals surface area (Å²) in [6.45, 7) is 5.24. The summed E-state index contributed by atoms with van der Waals surface area (Å²) in [7, 11) is 0. The van der Waals surface area contributed by atoms with Gasteiger partial charge in [-0.25, -0.2) is 0 Å². The van der Waals surface area contributed by atoms with E-state index < -0.39 is 5.41 Å². The summed E-state index contributed by atoms with van der Waals surface area (Å²) in [6, 6.07) is 18.1. The Labute approximate surface area is 171 Å². The molecule has 0 aromatic heterocycles. The Bertz CT molecular complexity index is 960. The lowest BCUT2D eigenvalue weighted by molar-refractivity contribution is -0.125. The van der Waals surface area contributed by atoms with Crippen LogP contribution in [0.4, 0.5) is 11.4 Å². The fourth-order valence-corrected chi connectivity index (χ4v) is 5.21. The van der Waals surface area contributed by atoms with Crippen molar-refractivity contribution in [3.05, 3.63) is 60.2 Å². The second-order valence-corrected chi connectivity index (χ2v) is 8.15. The lowest BCUT2D eigenvalue weighted by Crippen LogP contribution is -2.67. The number of β-amino-alcohol motifs (C(OH)–C–C–N with tert-alkyl or cyclic N) is 1. The molecule has 29 heavy (non-hydrogen) atoms. The van der Waals surface area contributed by atoms with E-state index in [1.165, 1.54) is 11.3 Å². The highest BCUT2D eigenvalue weighted by molar-refractivity contribution is 6.20. The number of nitrogens with zero attached hydrogens (tertiary/aromatic N) is 4. The number of carbonyl (C=O) groups is 1. The molecule has 1 saturated heterocycles. The molecule has 0 aliphatic carbocycles. The van der Waals surface area contributed by atoms with Gasteiger partial charge in [0.05, 0.1) is 24.0 Å². The molecule has 6 heteroatoms. The molecule has 1 N–H and O–H groups in total. The van der Waals surface area contributed by atoms with Gasteiger partial charge >= 0.3 is 0 Å². The summed E-state index contributed by atoms with van der Waals surface area (Å²) in [5.74, 6) is 0.0524. The molecule has 3 aliphatic rings. The van der Waals surface area contributed by atoms with Gasteiger partial charge in [0.1, 0.15) is 5.41 Å². The monoisotopic (exact) mass is 390 g/mol. The van der Waals surface area contributed by atoms with Gasteiger partial charge in [0, 0.05) is 31.9 Å². The predicted octanol–water partition coefficient (Wildman–Crippen LogP) is 2.13. The highest BCUT2D eigenvalue weighted by atomic mass is 16.3. The van der Waals surface area contributed by atoms with Crippen LogP contribution in [0.5, 0.6) is 0 Å². The topological polar surface area (TPSA) is 59.4 Å². The third kappa shape index (κ3) is 2.70. The maximum absolute atomic E-state index is 13.9. The van der Waals surface area contributed by atoms with Crippen molar-refractivity contribution in [2.45, 2.75) is 19.4 Å². The van der Waals surface area contributed by atoms with Gasteiger partial charge in [-0.1, -0.05) is 36.4 Å². The average molecular weight is 390 g/mol. The number of hydrogen-bond acceptors (Lipinski definition) is 5. The molecule has 2 aromatic carbocycles. The number of fused-ring (bicyclic) bond motifs is 4. The SMILES string of the molecule is CC1=NN(c2ccccc2)C(=O)[C@@]12Cc1ccccc1N1CCN(CCO)C[C@@H]12. The van der Waals surface area contributed by atoms with E-state index in [0.29, 0.717) is 13.0 Å². The fraction of sp³-hybridized carbons (Fsp3) is 0.391. The zero-order valence-corrected chi connectivity index (χ0v) is 16.7. The lowest BCUT2D eigenvalue weighted by Gasteiger charge is -2.53. The molecule has 150 valence electrons. The number of hydrazone groups is 1. The Hall–Kier alpha value is -2.70. The van der Waals surface area contributed by atoms with Gasteiger partial charge in [0.2, 0.25) is 0 Å². The highest BCUT2D eigenvalue weighted by Gasteiger charge is 2.59. The van der Waals surface area contributed by atoms with Crippen molar-refractivity contribution in [1.29, 1.82) is 0 Å². The highest BCUT2D eigenvalue weighted by Crippen LogP contribution is 2.48. The van der Waals surface area contributed by atoms with Crippen molar-refractivity contribution in [3.63, 3.8) is 0 Å². The Balaban J connectivity index is 1.61. The lowest BCUT2D eigenvalue weighted by atomic mass is 9.67. The minimum absolute atomic E-state index is 0.00247. The second-order valence-electron chi connectivity index (χ2n) is 8.15. The van der Waals surface area contributed by atoms with Crippen molar-refractivity contribution in [2.75, 3.05) is 42.7 Å². The molecule has 1 spiro atoms. The van der Waals surface area contributed by atoms with Gasteiger partial charge in [-0.2, -0.15) is 10.1 Å². The standard InChI is InChI=1S/C23H26N4O2/c1-17-23(22(29)27(24-17)19-8-3-2-4-9-19)15-18-7-5-6-10-20(18)26-12-11-25(13-14-28)16-21(23)26/h2-10,21,28H,11-16H2,1H3/t21-,23+/m1/s1. The predicted molar refractivity (Wildman–Crippen MR) is 114 cm³/mol. The maximum Gasteiger partial charge on any atom is 0.261 e. The van der Waals surface area contributed by atoms with Crippen LogP contribution in [0.2, 0.25) is 0 Å². The molecular weight excluding hydrogens is 364 g/mol. The summed E-state index contributed by atoms with van der Waals surface area (Å²) < 4.78 is 0. The summed E-state index contributed by atoms with van der Waals surface area (Å²) in [6.07, 6.45) is 0.662. The first-order chi connectivity index (χ1) is 14.1. The molecule has 5 rings (SSSR count). The van der Waals surface area contributed by atoms with Gasteiger partial charge < -0.3 is 10.0 Å². The molecule has 0 unspecified atom stereocenters. The molecular formula is C23H26N4O2. The molecule has 0 bridgehead atoms. The molecule has 1 amide bonds. The molecule has 0 radical (unpaired) electrons. The number of rotatable bonds is 3. The molecule has 3 heterocycles. The number of benzene rings is 2. The van der Waals surface area contributed by atoms with E-state index in [2.05, 4.69) is 34.1 Å². The van der Waals surface area contributed by atoms with Crippen LogP contribution in [0.3, 0.4) is 0 Å². The zero-order chi connectivity index (χ0) is 20.0. The van der Waals surface area contributed by atoms with E-state index in [0.717, 1.165) is 31.0 Å². The van der Waals surface area contributed by atoms with Gasteiger partial charge in [0.15, 0.2) is 0 Å². The third-order valence-electron chi connectivity index (χ3n) is 6.69. The van der Waals surface area contributed by atoms with E-state index in [1.54, 1.807) is 5.01 Å². The Morgan fingerprint density at radius 2 is 1.86 bits per heavy atom. The normalized spacial score (nSPS) is 26.5.